The summed E-state index contributed by atoms with van der Waals surface area (Å²) in [4.78, 5) is 16.6. The number of carbonyl (C=O) groups excluding carboxylic acids is 1. The zero-order chi connectivity index (χ0) is 23.8. The molecule has 1 saturated heterocycles. The standard InChI is InChI=1S/C23H29N5O4S/c1-2-4-19-5-3-6-20(23(19)30)15-25-26-22(29)17-28-13-11-27(12-14-28)16-18-7-9-21(10-8-18)33(24,31)32/h2-3,5-10,15,30H,1,4,11-14,16-17H2,(H,26,29)(H2,24,31,32). The second-order valence-corrected chi connectivity index (χ2v) is 9.44. The summed E-state index contributed by atoms with van der Waals surface area (Å²) in [6.07, 6.45) is 3.69. The van der Waals surface area contributed by atoms with Crippen LogP contribution in [0.4, 0.5) is 0 Å². The second kappa shape index (κ2) is 11.2. The van der Waals surface area contributed by atoms with Crippen LogP contribution < -0.4 is 10.6 Å². The van der Waals surface area contributed by atoms with Crippen molar-refractivity contribution in [2.24, 2.45) is 10.2 Å². The smallest absolute Gasteiger partial charge is 0.254 e. The van der Waals surface area contributed by atoms with E-state index in [0.717, 1.165) is 37.3 Å². The molecule has 2 aromatic carbocycles. The van der Waals surface area contributed by atoms with Gasteiger partial charge in [0.2, 0.25) is 10.0 Å². The van der Waals surface area contributed by atoms with Gasteiger partial charge in [0.15, 0.2) is 0 Å². The molecular weight excluding hydrogens is 442 g/mol. The largest absolute Gasteiger partial charge is 0.507 e. The van der Waals surface area contributed by atoms with Gasteiger partial charge in [0.1, 0.15) is 5.75 Å². The summed E-state index contributed by atoms with van der Waals surface area (Å²) >= 11 is 0. The maximum Gasteiger partial charge on any atom is 0.254 e. The number of benzene rings is 2. The highest BCUT2D eigenvalue weighted by Crippen LogP contribution is 2.21. The molecule has 1 aliphatic rings. The van der Waals surface area contributed by atoms with Crippen LogP contribution in [-0.2, 0) is 27.8 Å². The van der Waals surface area contributed by atoms with E-state index in [2.05, 4.69) is 22.0 Å². The molecule has 3 rings (SSSR count). The molecule has 2 aromatic rings. The van der Waals surface area contributed by atoms with E-state index in [1.807, 2.05) is 17.0 Å². The fraction of sp³-hybridized carbons (Fsp3) is 0.304. The van der Waals surface area contributed by atoms with Gasteiger partial charge >= 0.3 is 0 Å². The minimum atomic E-state index is -3.68. The summed E-state index contributed by atoms with van der Waals surface area (Å²) in [6, 6.07) is 11.9. The van der Waals surface area contributed by atoms with Gasteiger partial charge in [-0.2, -0.15) is 5.10 Å². The monoisotopic (exact) mass is 471 g/mol. The summed E-state index contributed by atoms with van der Waals surface area (Å²) in [5, 5.41) is 19.3. The van der Waals surface area contributed by atoms with Gasteiger partial charge in [-0.05, 0) is 35.7 Å². The third kappa shape index (κ3) is 7.22. The Morgan fingerprint density at radius 2 is 1.79 bits per heavy atom. The molecule has 0 saturated carbocycles. The molecule has 0 unspecified atom stereocenters. The van der Waals surface area contributed by atoms with Crippen molar-refractivity contribution < 1.29 is 18.3 Å². The van der Waals surface area contributed by atoms with Gasteiger partial charge in [0.05, 0.1) is 17.7 Å². The van der Waals surface area contributed by atoms with Crippen LogP contribution in [0.15, 0.2) is 65.1 Å². The third-order valence-corrected chi connectivity index (χ3v) is 6.33. The van der Waals surface area contributed by atoms with E-state index < -0.39 is 10.0 Å². The maximum absolute atomic E-state index is 12.2. The maximum atomic E-state index is 12.2. The van der Waals surface area contributed by atoms with E-state index in [9.17, 15) is 18.3 Å². The van der Waals surface area contributed by atoms with E-state index in [0.29, 0.717) is 18.5 Å². The number of primary sulfonamides is 1. The highest BCUT2D eigenvalue weighted by Gasteiger charge is 2.19. The lowest BCUT2D eigenvalue weighted by Gasteiger charge is -2.34. The molecule has 0 radical (unpaired) electrons. The van der Waals surface area contributed by atoms with Gasteiger partial charge in [0, 0.05) is 38.3 Å². The van der Waals surface area contributed by atoms with E-state index in [4.69, 9.17) is 5.14 Å². The van der Waals surface area contributed by atoms with E-state index in [-0.39, 0.29) is 23.1 Å². The third-order valence-electron chi connectivity index (χ3n) is 5.40. The fourth-order valence-electron chi connectivity index (χ4n) is 3.60. The lowest BCUT2D eigenvalue weighted by molar-refractivity contribution is -0.122. The summed E-state index contributed by atoms with van der Waals surface area (Å²) in [6.45, 7) is 7.65. The number of nitrogens with one attached hydrogen (secondary N) is 1. The predicted octanol–water partition coefficient (Wildman–Crippen LogP) is 1.04. The Morgan fingerprint density at radius 3 is 2.42 bits per heavy atom. The number of hydrogen-bond acceptors (Lipinski definition) is 7. The molecule has 1 amide bonds. The first-order chi connectivity index (χ1) is 15.8. The van der Waals surface area contributed by atoms with Crippen molar-refractivity contribution in [2.45, 2.75) is 17.9 Å². The summed E-state index contributed by atoms with van der Waals surface area (Å²) in [5.41, 5.74) is 4.79. The predicted molar refractivity (Wildman–Crippen MR) is 127 cm³/mol. The number of piperazine rings is 1. The average Bonchev–Trinajstić information content (AvgIpc) is 2.77. The van der Waals surface area contributed by atoms with Crippen molar-refractivity contribution in [2.75, 3.05) is 32.7 Å². The van der Waals surface area contributed by atoms with Crippen molar-refractivity contribution in [1.82, 2.24) is 15.2 Å². The Balaban J connectivity index is 1.42. The number of carbonyl (C=O) groups is 1. The van der Waals surface area contributed by atoms with Crippen LogP contribution in [0.5, 0.6) is 5.75 Å². The molecule has 0 aliphatic carbocycles. The Morgan fingerprint density at radius 1 is 1.12 bits per heavy atom. The molecule has 33 heavy (non-hydrogen) atoms. The van der Waals surface area contributed by atoms with Gasteiger partial charge in [-0.15, -0.1) is 6.58 Å². The molecule has 0 bridgehead atoms. The van der Waals surface area contributed by atoms with E-state index in [1.54, 1.807) is 24.3 Å². The lowest BCUT2D eigenvalue weighted by Crippen LogP contribution is -2.48. The molecule has 4 N–H and O–H groups in total. The number of nitrogens with two attached hydrogens (primary N) is 1. The van der Waals surface area contributed by atoms with Crippen LogP contribution >= 0.6 is 0 Å². The number of amides is 1. The Kier molecular flexibility index (Phi) is 8.34. The number of hydrogen-bond donors (Lipinski definition) is 3. The van der Waals surface area contributed by atoms with Gasteiger partial charge < -0.3 is 5.11 Å². The fourth-order valence-corrected chi connectivity index (χ4v) is 4.11. The zero-order valence-corrected chi connectivity index (χ0v) is 19.2. The average molecular weight is 472 g/mol. The highest BCUT2D eigenvalue weighted by atomic mass is 32.2. The number of aromatic hydroxyl groups is 1. The molecule has 0 aromatic heterocycles. The van der Waals surface area contributed by atoms with Gasteiger partial charge in [-0.25, -0.2) is 19.0 Å². The molecular formula is C23H29N5O4S. The number of nitrogens with zero attached hydrogens (tertiary/aromatic N) is 3. The summed E-state index contributed by atoms with van der Waals surface area (Å²) in [5.74, 6) is -0.0918. The topological polar surface area (TPSA) is 128 Å². The number of para-hydroxylation sites is 1. The van der Waals surface area contributed by atoms with Gasteiger partial charge in [0.25, 0.3) is 5.91 Å². The highest BCUT2D eigenvalue weighted by molar-refractivity contribution is 7.89. The van der Waals surface area contributed by atoms with Gasteiger partial charge in [-0.3, -0.25) is 14.6 Å². The number of phenols is 1. The number of rotatable bonds is 9. The van der Waals surface area contributed by atoms with Crippen LogP contribution in [0, 0.1) is 0 Å². The number of allylic oxidation sites excluding steroid dienone is 1. The van der Waals surface area contributed by atoms with E-state index in [1.165, 1.54) is 18.3 Å². The van der Waals surface area contributed by atoms with Crippen LogP contribution in [-0.4, -0.2) is 68.2 Å². The van der Waals surface area contributed by atoms with Crippen molar-refractivity contribution in [3.05, 3.63) is 71.8 Å². The Hall–Kier alpha value is -3.05. The molecule has 1 aliphatic heterocycles. The first-order valence-corrected chi connectivity index (χ1v) is 12.1. The molecule has 9 nitrogen and oxygen atoms in total. The minimum Gasteiger partial charge on any atom is -0.507 e. The quantitative estimate of drug-likeness (QED) is 0.285. The van der Waals surface area contributed by atoms with Crippen LogP contribution in [0.3, 0.4) is 0 Å². The molecule has 0 atom stereocenters. The molecule has 0 spiro atoms. The van der Waals surface area contributed by atoms with Gasteiger partial charge in [-0.1, -0.05) is 30.3 Å². The van der Waals surface area contributed by atoms with Crippen molar-refractivity contribution in [3.8, 4) is 5.75 Å². The normalized spacial score (nSPS) is 15.5. The molecule has 10 heteroatoms. The lowest BCUT2D eigenvalue weighted by atomic mass is 10.1. The summed E-state index contributed by atoms with van der Waals surface area (Å²) < 4.78 is 22.7. The summed E-state index contributed by atoms with van der Waals surface area (Å²) in [7, 11) is -3.68. The van der Waals surface area contributed by atoms with Crippen molar-refractivity contribution in [3.63, 3.8) is 0 Å². The SMILES string of the molecule is C=CCc1cccc(C=NNC(=O)CN2CCN(Cc3ccc(S(N)(=O)=O)cc3)CC2)c1O. The molecule has 1 heterocycles. The van der Waals surface area contributed by atoms with E-state index >= 15 is 0 Å². The first-order valence-electron chi connectivity index (χ1n) is 10.6. The Labute approximate surface area is 194 Å². The minimum absolute atomic E-state index is 0.101. The van der Waals surface area contributed by atoms with Crippen LogP contribution in [0.2, 0.25) is 0 Å². The van der Waals surface area contributed by atoms with Crippen LogP contribution in [0.25, 0.3) is 0 Å². The number of phenolic OH excluding ortho intramolecular Hbond substituents is 1. The zero-order valence-electron chi connectivity index (χ0n) is 18.4. The second-order valence-electron chi connectivity index (χ2n) is 7.88. The molecule has 176 valence electrons. The van der Waals surface area contributed by atoms with Crippen molar-refractivity contribution in [1.29, 1.82) is 0 Å². The van der Waals surface area contributed by atoms with Crippen molar-refractivity contribution >= 4 is 22.1 Å². The van der Waals surface area contributed by atoms with Crippen LogP contribution in [0.1, 0.15) is 16.7 Å². The first kappa shape index (κ1) is 24.6. The number of hydrazone groups is 1. The molecule has 1 fully saturated rings. The Bertz CT molecular complexity index is 1110. The number of sulfonamides is 1.